The molecule has 0 aliphatic heterocycles. The molecule has 0 bridgehead atoms. The van der Waals surface area contributed by atoms with E-state index in [-0.39, 0.29) is 5.92 Å². The van der Waals surface area contributed by atoms with Crippen molar-refractivity contribution in [1.29, 1.82) is 0 Å². The van der Waals surface area contributed by atoms with Crippen molar-refractivity contribution >= 4 is 27.9 Å². The first kappa shape index (κ1) is 19.9. The van der Waals surface area contributed by atoms with E-state index < -0.39 is 0 Å². The van der Waals surface area contributed by atoms with Gasteiger partial charge in [-0.05, 0) is 64.1 Å². The van der Waals surface area contributed by atoms with E-state index in [1.807, 2.05) is 0 Å². The number of fused-ring (bicyclic) bond motifs is 9. The standard InChI is InChI=1S/C35H25N/c1-22-10-9-13-25(20-22)36-31-17-8-7-14-26(31)29-19-18-24-21-30-32(23-11-3-2-4-12-23)27-15-5-6-16-28(27)34(30)33(24)35(29)36/h2-21,32,34H,1H3. The van der Waals surface area contributed by atoms with Crippen LogP contribution in [0, 0.1) is 6.92 Å². The molecule has 5 aromatic carbocycles. The number of hydrogen-bond donors (Lipinski definition) is 0. The summed E-state index contributed by atoms with van der Waals surface area (Å²) in [6.45, 7) is 2.18. The summed E-state index contributed by atoms with van der Waals surface area (Å²) < 4.78 is 2.51. The predicted molar refractivity (Wildman–Crippen MR) is 150 cm³/mol. The topological polar surface area (TPSA) is 4.93 Å². The van der Waals surface area contributed by atoms with Crippen LogP contribution in [-0.2, 0) is 0 Å². The maximum absolute atomic E-state index is 2.51. The average Bonchev–Trinajstić information content (AvgIpc) is 3.55. The van der Waals surface area contributed by atoms with Crippen molar-refractivity contribution < 1.29 is 0 Å². The Hall–Kier alpha value is -4.36. The van der Waals surface area contributed by atoms with Crippen LogP contribution in [-0.4, -0.2) is 4.57 Å². The minimum atomic E-state index is 0.276. The highest BCUT2D eigenvalue weighted by Crippen LogP contribution is 2.58. The fourth-order valence-corrected chi connectivity index (χ4v) is 6.81. The number of benzene rings is 5. The number of nitrogens with zero attached hydrogens (tertiary/aromatic N) is 1. The molecule has 1 heterocycles. The number of allylic oxidation sites excluding steroid dienone is 1. The van der Waals surface area contributed by atoms with Crippen LogP contribution in [0.25, 0.3) is 33.6 Å². The fourth-order valence-electron chi connectivity index (χ4n) is 6.81. The molecule has 0 saturated heterocycles. The van der Waals surface area contributed by atoms with Crippen LogP contribution in [0.4, 0.5) is 0 Å². The number of aryl methyl sites for hydroxylation is 1. The molecular weight excluding hydrogens is 434 g/mol. The molecule has 1 heteroatoms. The molecule has 2 aliphatic carbocycles. The van der Waals surface area contributed by atoms with Crippen LogP contribution in [0.15, 0.2) is 121 Å². The summed E-state index contributed by atoms with van der Waals surface area (Å²) in [5.41, 5.74) is 13.7. The van der Waals surface area contributed by atoms with Gasteiger partial charge in [0.1, 0.15) is 0 Å². The third kappa shape index (κ3) is 2.60. The van der Waals surface area contributed by atoms with Crippen LogP contribution < -0.4 is 0 Å². The van der Waals surface area contributed by atoms with Gasteiger partial charge < -0.3 is 4.57 Å². The Morgan fingerprint density at radius 3 is 2.19 bits per heavy atom. The van der Waals surface area contributed by atoms with E-state index in [1.165, 1.54) is 66.4 Å². The van der Waals surface area contributed by atoms with Crippen molar-refractivity contribution in [1.82, 2.24) is 4.57 Å². The van der Waals surface area contributed by atoms with Crippen molar-refractivity contribution in [3.8, 4) is 5.69 Å². The molecule has 2 unspecified atom stereocenters. The van der Waals surface area contributed by atoms with Gasteiger partial charge in [-0.25, -0.2) is 0 Å². The molecule has 0 saturated carbocycles. The highest BCUT2D eigenvalue weighted by Gasteiger charge is 2.42. The molecule has 8 rings (SSSR count). The summed E-state index contributed by atoms with van der Waals surface area (Å²) in [6, 6.07) is 42.6. The number of hydrogen-bond acceptors (Lipinski definition) is 0. The zero-order valence-corrected chi connectivity index (χ0v) is 20.1. The lowest BCUT2D eigenvalue weighted by Crippen LogP contribution is -2.02. The van der Waals surface area contributed by atoms with Gasteiger partial charge in [-0.2, -0.15) is 0 Å². The van der Waals surface area contributed by atoms with E-state index in [9.17, 15) is 0 Å². The molecule has 0 spiro atoms. The van der Waals surface area contributed by atoms with Gasteiger partial charge >= 0.3 is 0 Å². The summed E-state index contributed by atoms with van der Waals surface area (Å²) in [7, 11) is 0. The van der Waals surface area contributed by atoms with Crippen LogP contribution in [0.5, 0.6) is 0 Å². The van der Waals surface area contributed by atoms with E-state index in [4.69, 9.17) is 0 Å². The number of para-hydroxylation sites is 1. The van der Waals surface area contributed by atoms with E-state index in [0.717, 1.165) is 0 Å². The highest BCUT2D eigenvalue weighted by molar-refractivity contribution is 6.12. The second-order valence-electron chi connectivity index (χ2n) is 10.2. The summed E-state index contributed by atoms with van der Waals surface area (Å²) in [6.07, 6.45) is 2.48. The summed E-state index contributed by atoms with van der Waals surface area (Å²) >= 11 is 0. The van der Waals surface area contributed by atoms with Gasteiger partial charge in [0, 0.05) is 28.3 Å². The third-order valence-corrected chi connectivity index (χ3v) is 8.20. The van der Waals surface area contributed by atoms with Gasteiger partial charge in [-0.3, -0.25) is 0 Å². The van der Waals surface area contributed by atoms with Gasteiger partial charge in [0.05, 0.1) is 11.0 Å². The van der Waals surface area contributed by atoms with Gasteiger partial charge in [0.25, 0.3) is 0 Å². The van der Waals surface area contributed by atoms with Crippen molar-refractivity contribution in [2.75, 3.05) is 0 Å². The molecule has 1 aromatic heterocycles. The second kappa shape index (κ2) is 7.32. The largest absolute Gasteiger partial charge is 0.309 e. The van der Waals surface area contributed by atoms with Crippen molar-refractivity contribution in [2.24, 2.45) is 0 Å². The first-order valence-corrected chi connectivity index (χ1v) is 12.8. The molecule has 0 radical (unpaired) electrons. The fraction of sp³-hybridized carbons (Fsp3) is 0.0857. The van der Waals surface area contributed by atoms with Crippen molar-refractivity contribution in [3.63, 3.8) is 0 Å². The molecule has 1 nitrogen and oxygen atoms in total. The Labute approximate surface area is 211 Å². The lowest BCUT2D eigenvalue weighted by atomic mass is 9.88. The molecule has 0 amide bonds. The van der Waals surface area contributed by atoms with Crippen LogP contribution >= 0.6 is 0 Å². The molecule has 0 fully saturated rings. The maximum Gasteiger partial charge on any atom is 0.0588 e. The molecule has 170 valence electrons. The van der Waals surface area contributed by atoms with E-state index in [0.29, 0.717) is 5.92 Å². The van der Waals surface area contributed by atoms with Crippen molar-refractivity contribution in [3.05, 3.63) is 154 Å². The van der Waals surface area contributed by atoms with E-state index >= 15 is 0 Å². The van der Waals surface area contributed by atoms with Gasteiger partial charge in [0.15, 0.2) is 0 Å². The molecule has 2 atom stereocenters. The first-order chi connectivity index (χ1) is 17.8. The Bertz CT molecular complexity index is 1850. The number of aromatic nitrogens is 1. The van der Waals surface area contributed by atoms with Gasteiger partial charge in [-0.1, -0.05) is 103 Å². The monoisotopic (exact) mass is 459 g/mol. The summed E-state index contributed by atoms with van der Waals surface area (Å²) in [5, 5.41) is 2.65. The van der Waals surface area contributed by atoms with E-state index in [2.05, 4.69) is 133 Å². The number of rotatable bonds is 2. The average molecular weight is 460 g/mol. The normalized spacial score (nSPS) is 17.8. The highest BCUT2D eigenvalue weighted by atomic mass is 15.0. The van der Waals surface area contributed by atoms with Gasteiger partial charge in [0.2, 0.25) is 0 Å². The minimum Gasteiger partial charge on any atom is -0.309 e. The lowest BCUT2D eigenvalue weighted by Gasteiger charge is -2.17. The van der Waals surface area contributed by atoms with Crippen LogP contribution in [0.1, 0.15) is 45.2 Å². The molecular formula is C35H25N. The third-order valence-electron chi connectivity index (χ3n) is 8.20. The van der Waals surface area contributed by atoms with Crippen molar-refractivity contribution in [2.45, 2.75) is 18.8 Å². The Balaban J connectivity index is 1.48. The molecule has 2 aliphatic rings. The first-order valence-electron chi connectivity index (χ1n) is 12.8. The predicted octanol–water partition coefficient (Wildman–Crippen LogP) is 8.77. The van der Waals surface area contributed by atoms with Crippen LogP contribution in [0.2, 0.25) is 0 Å². The Morgan fingerprint density at radius 2 is 1.36 bits per heavy atom. The quantitative estimate of drug-likeness (QED) is 0.244. The Morgan fingerprint density at radius 1 is 0.611 bits per heavy atom. The van der Waals surface area contributed by atoms with E-state index in [1.54, 1.807) is 0 Å². The zero-order chi connectivity index (χ0) is 23.8. The SMILES string of the molecule is Cc1cccc(-n2c3ccccc3c3ccc4c(c32)C2C(=C4)C(c3ccccc3)c3ccccc32)c1. The summed E-state index contributed by atoms with van der Waals surface area (Å²) in [5.74, 6) is 0.574. The minimum absolute atomic E-state index is 0.276. The summed E-state index contributed by atoms with van der Waals surface area (Å²) in [4.78, 5) is 0. The van der Waals surface area contributed by atoms with Crippen LogP contribution in [0.3, 0.4) is 0 Å². The molecule has 0 N–H and O–H groups in total. The second-order valence-corrected chi connectivity index (χ2v) is 10.2. The zero-order valence-electron chi connectivity index (χ0n) is 20.1. The van der Waals surface area contributed by atoms with Gasteiger partial charge in [-0.15, -0.1) is 0 Å². The lowest BCUT2D eigenvalue weighted by molar-refractivity contribution is 0.940. The smallest absolute Gasteiger partial charge is 0.0588 e. The maximum atomic E-state index is 2.51. The molecule has 6 aromatic rings. The Kier molecular flexibility index (Phi) is 4.05. The molecule has 36 heavy (non-hydrogen) atoms.